The molecule has 2 saturated heterocycles. The molecule has 0 radical (unpaired) electrons. The molecule has 4 rings (SSSR count). The van der Waals surface area contributed by atoms with Gasteiger partial charge in [0.1, 0.15) is 0 Å². The van der Waals surface area contributed by atoms with E-state index in [1.807, 2.05) is 31.3 Å². The Labute approximate surface area is 205 Å². The average Bonchev–Trinajstić information content (AvgIpc) is 3.42. The molecule has 1 unspecified atom stereocenters. The smallest absolute Gasteiger partial charge is 0.228 e. The predicted octanol–water partition coefficient (Wildman–Crippen LogP) is 2.78. The molecule has 1 N–H and O–H groups in total. The third-order valence-corrected chi connectivity index (χ3v) is 5.83. The second-order valence-corrected chi connectivity index (χ2v) is 8.20. The van der Waals surface area contributed by atoms with Crippen molar-refractivity contribution in [1.82, 2.24) is 25.3 Å². The van der Waals surface area contributed by atoms with Crippen LogP contribution in [0.4, 0.5) is 0 Å². The van der Waals surface area contributed by atoms with Gasteiger partial charge in [0.25, 0.3) is 0 Å². The van der Waals surface area contributed by atoms with E-state index in [9.17, 15) is 0 Å². The fourth-order valence-electron chi connectivity index (χ4n) is 4.04. The molecule has 1 aromatic heterocycles. The Balaban J connectivity index is 0.00000272. The van der Waals surface area contributed by atoms with E-state index in [-0.39, 0.29) is 24.0 Å². The van der Waals surface area contributed by atoms with Crippen molar-refractivity contribution in [3.8, 4) is 11.4 Å². The molecule has 31 heavy (non-hydrogen) atoms. The van der Waals surface area contributed by atoms with Crippen LogP contribution in [0.2, 0.25) is 5.02 Å². The zero-order valence-corrected chi connectivity index (χ0v) is 20.9. The van der Waals surface area contributed by atoms with Gasteiger partial charge in [0.2, 0.25) is 11.7 Å². The number of aromatic nitrogens is 2. The summed E-state index contributed by atoms with van der Waals surface area (Å²) in [5, 5.41) is 8.15. The molecule has 2 aliphatic rings. The SMILES string of the molecule is CN=C(NCCc1nc(-c2cccc(Cl)c2)no1)N1CCC(CN2CCOCC2)C1.I. The van der Waals surface area contributed by atoms with E-state index in [0.717, 1.165) is 57.5 Å². The Bertz CT molecular complexity index is 858. The molecule has 8 nitrogen and oxygen atoms in total. The molecule has 0 saturated carbocycles. The summed E-state index contributed by atoms with van der Waals surface area (Å²) in [6.07, 6.45) is 1.84. The lowest BCUT2D eigenvalue weighted by atomic mass is 10.1. The number of rotatable bonds is 6. The van der Waals surface area contributed by atoms with E-state index < -0.39 is 0 Å². The number of likely N-dealkylation sites (tertiary alicyclic amines) is 1. The van der Waals surface area contributed by atoms with Crippen LogP contribution in [0, 0.1) is 5.92 Å². The monoisotopic (exact) mass is 560 g/mol. The maximum atomic E-state index is 6.04. The molecule has 0 amide bonds. The van der Waals surface area contributed by atoms with Crippen molar-refractivity contribution in [2.45, 2.75) is 12.8 Å². The predicted molar refractivity (Wildman–Crippen MR) is 132 cm³/mol. The summed E-state index contributed by atoms with van der Waals surface area (Å²) in [7, 11) is 1.83. The lowest BCUT2D eigenvalue weighted by molar-refractivity contribution is 0.0315. The molecule has 0 spiro atoms. The molecule has 0 bridgehead atoms. The molecule has 2 aliphatic heterocycles. The Morgan fingerprint density at radius 3 is 2.90 bits per heavy atom. The Kier molecular flexibility index (Phi) is 9.36. The van der Waals surface area contributed by atoms with Crippen LogP contribution < -0.4 is 5.32 Å². The van der Waals surface area contributed by atoms with Crippen LogP contribution in [0.3, 0.4) is 0 Å². The molecule has 1 aromatic carbocycles. The van der Waals surface area contributed by atoms with Crippen molar-refractivity contribution >= 4 is 41.5 Å². The first-order valence-electron chi connectivity index (χ1n) is 10.6. The molecule has 0 aliphatic carbocycles. The number of nitrogens with zero attached hydrogens (tertiary/aromatic N) is 5. The van der Waals surface area contributed by atoms with Gasteiger partial charge in [-0.05, 0) is 24.5 Å². The number of aliphatic imine (C=N–C) groups is 1. The first-order valence-corrected chi connectivity index (χ1v) is 10.9. The highest BCUT2D eigenvalue weighted by Crippen LogP contribution is 2.20. The number of morpholine rings is 1. The fraction of sp³-hybridized carbons (Fsp3) is 0.571. The summed E-state index contributed by atoms with van der Waals surface area (Å²) >= 11 is 6.04. The van der Waals surface area contributed by atoms with Crippen molar-refractivity contribution in [3.05, 3.63) is 35.2 Å². The van der Waals surface area contributed by atoms with Crippen molar-refractivity contribution in [2.75, 3.05) is 59.5 Å². The van der Waals surface area contributed by atoms with Gasteiger partial charge in [-0.2, -0.15) is 4.98 Å². The summed E-state index contributed by atoms with van der Waals surface area (Å²) in [5.74, 6) is 2.77. The average molecular weight is 561 g/mol. The lowest BCUT2D eigenvalue weighted by Crippen LogP contribution is -2.42. The Morgan fingerprint density at radius 1 is 1.29 bits per heavy atom. The van der Waals surface area contributed by atoms with Crippen molar-refractivity contribution in [1.29, 1.82) is 0 Å². The van der Waals surface area contributed by atoms with Crippen molar-refractivity contribution in [3.63, 3.8) is 0 Å². The van der Waals surface area contributed by atoms with Gasteiger partial charge in [-0.15, -0.1) is 24.0 Å². The summed E-state index contributed by atoms with van der Waals surface area (Å²) in [6.45, 7) is 7.71. The summed E-state index contributed by atoms with van der Waals surface area (Å²) < 4.78 is 10.8. The molecule has 2 fully saturated rings. The molecular weight excluding hydrogens is 531 g/mol. The van der Waals surface area contributed by atoms with E-state index in [4.69, 9.17) is 20.9 Å². The van der Waals surface area contributed by atoms with Crippen LogP contribution in [0.1, 0.15) is 12.3 Å². The van der Waals surface area contributed by atoms with Crippen molar-refractivity contribution < 1.29 is 9.26 Å². The molecular formula is C21H30ClIN6O2. The summed E-state index contributed by atoms with van der Waals surface area (Å²) in [5.41, 5.74) is 0.852. The first kappa shape index (κ1) is 24.2. The third kappa shape index (κ3) is 6.77. The van der Waals surface area contributed by atoms with Crippen LogP contribution in [0.15, 0.2) is 33.8 Å². The number of benzene rings is 1. The second-order valence-electron chi connectivity index (χ2n) is 7.76. The van der Waals surface area contributed by atoms with Gasteiger partial charge in [0.05, 0.1) is 13.2 Å². The van der Waals surface area contributed by atoms with E-state index in [0.29, 0.717) is 35.6 Å². The normalized spacial score (nSPS) is 20.0. The van der Waals surface area contributed by atoms with E-state index >= 15 is 0 Å². The zero-order valence-electron chi connectivity index (χ0n) is 17.8. The van der Waals surface area contributed by atoms with E-state index in [1.54, 1.807) is 0 Å². The van der Waals surface area contributed by atoms with E-state index in [2.05, 4.69) is 30.2 Å². The number of hydrogen-bond donors (Lipinski definition) is 1. The summed E-state index contributed by atoms with van der Waals surface area (Å²) in [6, 6.07) is 7.45. The lowest BCUT2D eigenvalue weighted by Gasteiger charge is -2.29. The topological polar surface area (TPSA) is 79.0 Å². The highest BCUT2D eigenvalue weighted by Gasteiger charge is 2.27. The standard InChI is InChI=1S/C21H29ClN6O2.HI/c1-23-21(28-8-6-16(15-28)14-27-9-11-29-12-10-27)24-7-5-19-25-20(26-30-19)17-3-2-4-18(22)13-17;/h2-4,13,16H,5-12,14-15H2,1H3,(H,23,24);1H. The minimum atomic E-state index is 0. The fourth-order valence-corrected chi connectivity index (χ4v) is 4.23. The molecule has 170 valence electrons. The van der Waals surface area contributed by atoms with Gasteiger partial charge in [0.15, 0.2) is 5.96 Å². The number of ether oxygens (including phenoxy) is 1. The van der Waals surface area contributed by atoms with Crippen LogP contribution in [-0.4, -0.2) is 85.4 Å². The van der Waals surface area contributed by atoms with Crippen LogP contribution in [-0.2, 0) is 11.2 Å². The maximum absolute atomic E-state index is 6.04. The largest absolute Gasteiger partial charge is 0.379 e. The van der Waals surface area contributed by atoms with E-state index in [1.165, 1.54) is 6.42 Å². The highest BCUT2D eigenvalue weighted by molar-refractivity contribution is 14.0. The molecule has 3 heterocycles. The maximum Gasteiger partial charge on any atom is 0.228 e. The number of guanidine groups is 1. The van der Waals surface area contributed by atoms with Crippen molar-refractivity contribution in [2.24, 2.45) is 10.9 Å². The highest BCUT2D eigenvalue weighted by atomic mass is 127. The van der Waals surface area contributed by atoms with Crippen LogP contribution in [0.5, 0.6) is 0 Å². The number of hydrogen-bond acceptors (Lipinski definition) is 6. The van der Waals surface area contributed by atoms with Gasteiger partial charge < -0.3 is 19.5 Å². The third-order valence-electron chi connectivity index (χ3n) is 5.59. The first-order chi connectivity index (χ1) is 14.7. The molecule has 1 atom stereocenters. The quantitative estimate of drug-likeness (QED) is 0.331. The second kappa shape index (κ2) is 12.0. The Hall–Kier alpha value is -1.43. The Morgan fingerprint density at radius 2 is 2.13 bits per heavy atom. The van der Waals surface area contributed by atoms with Gasteiger partial charge in [-0.3, -0.25) is 9.89 Å². The minimum absolute atomic E-state index is 0. The van der Waals surface area contributed by atoms with Crippen LogP contribution >= 0.6 is 35.6 Å². The molecule has 2 aromatic rings. The van der Waals surface area contributed by atoms with Gasteiger partial charge in [-0.25, -0.2) is 0 Å². The number of nitrogens with one attached hydrogen (secondary N) is 1. The zero-order chi connectivity index (χ0) is 20.8. The van der Waals surface area contributed by atoms with Gasteiger partial charge >= 0.3 is 0 Å². The number of halogens is 2. The molecule has 10 heteroatoms. The van der Waals surface area contributed by atoms with Gasteiger partial charge in [0, 0.05) is 63.3 Å². The summed E-state index contributed by atoms with van der Waals surface area (Å²) in [4.78, 5) is 13.8. The van der Waals surface area contributed by atoms with Crippen LogP contribution in [0.25, 0.3) is 11.4 Å². The minimum Gasteiger partial charge on any atom is -0.379 e. The van der Waals surface area contributed by atoms with Gasteiger partial charge in [-0.1, -0.05) is 28.9 Å².